The number of esters is 2. The van der Waals surface area contributed by atoms with Crippen molar-refractivity contribution in [3.8, 4) is 5.75 Å². The number of thiophene rings is 1. The lowest BCUT2D eigenvalue weighted by molar-refractivity contribution is -0.143. The molecule has 0 bridgehead atoms. The van der Waals surface area contributed by atoms with Crippen LogP contribution >= 0.6 is 11.3 Å². The molecule has 3 heterocycles. The second-order valence-corrected chi connectivity index (χ2v) is 11.4. The van der Waals surface area contributed by atoms with Crippen LogP contribution in [0.3, 0.4) is 0 Å². The number of rotatable bonds is 13. The number of benzene rings is 2. The molecule has 5 rings (SSSR count). The van der Waals surface area contributed by atoms with Crippen molar-refractivity contribution in [1.82, 2.24) is 10.2 Å². The van der Waals surface area contributed by atoms with Crippen molar-refractivity contribution in [2.24, 2.45) is 0 Å². The molecule has 1 N–H and O–H groups in total. The van der Waals surface area contributed by atoms with Gasteiger partial charge in [-0.3, -0.25) is 29.5 Å². The van der Waals surface area contributed by atoms with Crippen LogP contribution in [0.15, 0.2) is 47.8 Å². The Hall–Kier alpha value is -3.67. The highest BCUT2D eigenvalue weighted by molar-refractivity contribution is 7.17. The summed E-state index contributed by atoms with van der Waals surface area (Å²) in [6.45, 7) is 5.38. The molecule has 10 nitrogen and oxygen atoms in total. The third kappa shape index (κ3) is 7.58. The number of carbonyl (C=O) groups excluding carboxylic acids is 3. The monoisotopic (exact) mass is 594 g/mol. The Bertz CT molecular complexity index is 1390. The van der Waals surface area contributed by atoms with Gasteiger partial charge in [0.1, 0.15) is 5.75 Å². The van der Waals surface area contributed by atoms with Crippen LogP contribution in [0.1, 0.15) is 24.8 Å². The quantitative estimate of drug-likeness (QED) is 0.236. The number of anilines is 2. The molecule has 0 spiro atoms. The molecule has 1 aromatic heterocycles. The standard InChI is InChI=1S/C31H38N4O6S/c1-39-30(37)20-32-21-31(38)41-22-35-27-19-24(9-7-23(27)8-10-29(35)36)40-17-3-2-12-33-13-15-34(16-14-33)26-5-4-6-28-25(26)11-18-42-28/h4-7,9,11,18-19,32H,2-3,8,10,12-17,20-22H2,1H3. The van der Waals surface area contributed by atoms with E-state index in [2.05, 4.69) is 49.5 Å². The van der Waals surface area contributed by atoms with Gasteiger partial charge < -0.3 is 19.1 Å². The molecule has 2 aliphatic rings. The minimum Gasteiger partial charge on any atom is -0.494 e. The molecule has 2 aromatic carbocycles. The molecule has 3 aromatic rings. The van der Waals surface area contributed by atoms with Crippen LogP contribution in [0.2, 0.25) is 0 Å². The summed E-state index contributed by atoms with van der Waals surface area (Å²) in [6.07, 6.45) is 2.97. The first-order valence-corrected chi connectivity index (χ1v) is 15.3. The van der Waals surface area contributed by atoms with Crippen LogP contribution in [0.5, 0.6) is 5.75 Å². The van der Waals surface area contributed by atoms with Crippen LogP contribution in [-0.2, 0) is 30.3 Å². The Morgan fingerprint density at radius 3 is 2.62 bits per heavy atom. The zero-order valence-electron chi connectivity index (χ0n) is 24.0. The summed E-state index contributed by atoms with van der Waals surface area (Å²) in [7, 11) is 1.27. The third-order valence-electron chi connectivity index (χ3n) is 7.70. The van der Waals surface area contributed by atoms with E-state index in [9.17, 15) is 14.4 Å². The summed E-state index contributed by atoms with van der Waals surface area (Å²) in [5.74, 6) is -0.456. The molecule has 0 radical (unpaired) electrons. The van der Waals surface area contributed by atoms with Crippen LogP contribution in [0, 0.1) is 0 Å². The van der Waals surface area contributed by atoms with Gasteiger partial charge in [0.2, 0.25) is 5.91 Å². The summed E-state index contributed by atoms with van der Waals surface area (Å²) in [6, 6.07) is 14.6. The normalized spacial score (nSPS) is 15.5. The van der Waals surface area contributed by atoms with Gasteiger partial charge in [0, 0.05) is 54.4 Å². The van der Waals surface area contributed by atoms with Crippen LogP contribution in [0.4, 0.5) is 11.4 Å². The lowest BCUT2D eigenvalue weighted by Crippen LogP contribution is -2.46. The van der Waals surface area contributed by atoms with Gasteiger partial charge in [0.05, 0.1) is 32.5 Å². The SMILES string of the molecule is COC(=O)CNCC(=O)OCN1C(=O)CCc2ccc(OCCCCN3CCN(c4cccc5sccc45)CC3)cc21. The Kier molecular flexibility index (Phi) is 10.3. The topological polar surface area (TPSA) is 101 Å². The molecule has 0 saturated carbocycles. The summed E-state index contributed by atoms with van der Waals surface area (Å²) >= 11 is 1.80. The molecule has 0 aliphatic carbocycles. The number of nitrogens with one attached hydrogen (secondary N) is 1. The van der Waals surface area contributed by atoms with E-state index in [1.54, 1.807) is 11.3 Å². The van der Waals surface area contributed by atoms with Crippen molar-refractivity contribution < 1.29 is 28.6 Å². The Morgan fingerprint density at radius 2 is 1.79 bits per heavy atom. The number of aryl methyl sites for hydroxylation is 1. The predicted octanol–water partition coefficient (Wildman–Crippen LogP) is 3.43. The second kappa shape index (κ2) is 14.5. The van der Waals surface area contributed by atoms with Crippen molar-refractivity contribution in [3.05, 3.63) is 53.4 Å². The van der Waals surface area contributed by atoms with Gasteiger partial charge in [-0.25, -0.2) is 0 Å². The van der Waals surface area contributed by atoms with Crippen molar-refractivity contribution in [1.29, 1.82) is 0 Å². The number of fused-ring (bicyclic) bond motifs is 2. The number of methoxy groups -OCH3 is 1. The first-order chi connectivity index (χ1) is 20.5. The van der Waals surface area contributed by atoms with Gasteiger partial charge in [-0.05, 0) is 61.0 Å². The smallest absolute Gasteiger partial charge is 0.321 e. The van der Waals surface area contributed by atoms with E-state index in [0.29, 0.717) is 30.9 Å². The van der Waals surface area contributed by atoms with E-state index >= 15 is 0 Å². The van der Waals surface area contributed by atoms with E-state index in [1.165, 1.54) is 27.8 Å². The van der Waals surface area contributed by atoms with E-state index in [-0.39, 0.29) is 25.7 Å². The fraction of sp³-hybridized carbons (Fsp3) is 0.452. The molecule has 1 amide bonds. The molecule has 0 atom stereocenters. The van der Waals surface area contributed by atoms with Crippen LogP contribution < -0.4 is 19.9 Å². The molecular weight excluding hydrogens is 556 g/mol. The number of nitrogens with zero attached hydrogens (tertiary/aromatic N) is 3. The zero-order chi connectivity index (χ0) is 29.3. The molecule has 224 valence electrons. The van der Waals surface area contributed by atoms with E-state index < -0.39 is 11.9 Å². The minimum atomic E-state index is -0.563. The van der Waals surface area contributed by atoms with E-state index in [1.807, 2.05) is 18.2 Å². The number of amides is 1. The maximum absolute atomic E-state index is 12.6. The van der Waals surface area contributed by atoms with Crippen LogP contribution in [0.25, 0.3) is 10.1 Å². The third-order valence-corrected chi connectivity index (χ3v) is 8.58. The highest BCUT2D eigenvalue weighted by atomic mass is 32.1. The molecule has 11 heteroatoms. The minimum absolute atomic E-state index is 0.0957. The summed E-state index contributed by atoms with van der Waals surface area (Å²) < 4.78 is 17.2. The van der Waals surface area contributed by atoms with E-state index in [0.717, 1.165) is 51.1 Å². The first-order valence-electron chi connectivity index (χ1n) is 14.4. The second-order valence-electron chi connectivity index (χ2n) is 10.4. The van der Waals surface area contributed by atoms with Crippen molar-refractivity contribution in [2.75, 3.05) is 76.1 Å². The number of hydrogen-bond acceptors (Lipinski definition) is 10. The molecule has 2 aliphatic heterocycles. The van der Waals surface area contributed by atoms with Gasteiger partial charge >= 0.3 is 11.9 Å². The average Bonchev–Trinajstić information content (AvgIpc) is 3.50. The zero-order valence-corrected chi connectivity index (χ0v) is 24.8. The van der Waals surface area contributed by atoms with Crippen molar-refractivity contribution in [3.63, 3.8) is 0 Å². The number of unbranched alkanes of at least 4 members (excludes halogenated alkanes) is 1. The Labute approximate surface area is 250 Å². The predicted molar refractivity (Wildman–Crippen MR) is 163 cm³/mol. The Balaban J connectivity index is 1.03. The molecule has 42 heavy (non-hydrogen) atoms. The maximum atomic E-state index is 12.6. The van der Waals surface area contributed by atoms with Crippen LogP contribution in [-0.4, -0.2) is 89.0 Å². The summed E-state index contributed by atoms with van der Waals surface area (Å²) in [5.41, 5.74) is 3.06. The van der Waals surface area contributed by atoms with Gasteiger partial charge in [-0.1, -0.05) is 12.1 Å². The fourth-order valence-electron chi connectivity index (χ4n) is 5.37. The molecular formula is C31H38N4O6S. The number of carbonyl (C=O) groups is 3. The Morgan fingerprint density at radius 1 is 0.952 bits per heavy atom. The van der Waals surface area contributed by atoms with Gasteiger partial charge in [0.15, 0.2) is 6.73 Å². The van der Waals surface area contributed by atoms with Gasteiger partial charge in [0.25, 0.3) is 0 Å². The van der Waals surface area contributed by atoms with Crippen molar-refractivity contribution >= 4 is 50.6 Å². The van der Waals surface area contributed by atoms with Crippen molar-refractivity contribution in [2.45, 2.75) is 25.7 Å². The largest absolute Gasteiger partial charge is 0.494 e. The number of piperazine rings is 1. The average molecular weight is 595 g/mol. The number of hydrogen-bond donors (Lipinski definition) is 1. The highest BCUT2D eigenvalue weighted by Crippen LogP contribution is 2.32. The maximum Gasteiger partial charge on any atom is 0.321 e. The summed E-state index contributed by atoms with van der Waals surface area (Å²) in [4.78, 5) is 42.4. The molecule has 1 fully saturated rings. The lowest BCUT2D eigenvalue weighted by Gasteiger charge is -2.36. The molecule has 1 saturated heterocycles. The summed E-state index contributed by atoms with van der Waals surface area (Å²) in [5, 5.41) is 6.18. The lowest BCUT2D eigenvalue weighted by atomic mass is 10.0. The highest BCUT2D eigenvalue weighted by Gasteiger charge is 2.26. The fourth-order valence-corrected chi connectivity index (χ4v) is 6.18. The first kappa shape index (κ1) is 29.8. The molecule has 0 unspecified atom stereocenters. The van der Waals surface area contributed by atoms with E-state index in [4.69, 9.17) is 9.47 Å². The number of ether oxygens (including phenoxy) is 3. The van der Waals surface area contributed by atoms with Gasteiger partial charge in [-0.2, -0.15) is 0 Å². The van der Waals surface area contributed by atoms with Gasteiger partial charge in [-0.15, -0.1) is 11.3 Å².